The van der Waals surface area contributed by atoms with Gasteiger partial charge in [0.15, 0.2) is 0 Å². The second kappa shape index (κ2) is 5.61. The third kappa shape index (κ3) is 3.07. The number of thiophene rings is 1. The Morgan fingerprint density at radius 1 is 1.21 bits per heavy atom. The van der Waals surface area contributed by atoms with E-state index in [2.05, 4.69) is 5.32 Å². The highest BCUT2D eigenvalue weighted by Gasteiger charge is 2.16. The molecule has 0 radical (unpaired) electrons. The van der Waals surface area contributed by atoms with Gasteiger partial charge in [-0.15, -0.1) is 11.3 Å². The van der Waals surface area contributed by atoms with Gasteiger partial charge in [-0.05, 0) is 29.6 Å². The zero-order valence-corrected chi connectivity index (χ0v) is 11.6. The van der Waals surface area contributed by atoms with Crippen LogP contribution in [0.2, 0.25) is 10.0 Å². The standard InChI is InChI=1S/C12H7Cl2NO3S/c13-6-1-2-9(7(5-6)12(17)18)15-11(16)10-8(14)3-4-19-10/h1-5H,(H,15,16)(H,17,18). The minimum Gasteiger partial charge on any atom is -0.478 e. The Morgan fingerprint density at radius 2 is 1.95 bits per heavy atom. The molecule has 19 heavy (non-hydrogen) atoms. The number of carboxylic acid groups (broad SMARTS) is 1. The molecule has 2 N–H and O–H groups in total. The molecule has 0 saturated carbocycles. The molecule has 98 valence electrons. The van der Waals surface area contributed by atoms with Gasteiger partial charge in [0.1, 0.15) is 4.88 Å². The molecular weight excluding hydrogens is 309 g/mol. The summed E-state index contributed by atoms with van der Waals surface area (Å²) in [6, 6.07) is 5.81. The van der Waals surface area contributed by atoms with Crippen LogP contribution in [0.5, 0.6) is 0 Å². The molecule has 1 heterocycles. The normalized spacial score (nSPS) is 10.2. The quantitative estimate of drug-likeness (QED) is 0.899. The maximum absolute atomic E-state index is 11.9. The number of carboxylic acids is 1. The molecule has 1 amide bonds. The fourth-order valence-corrected chi connectivity index (χ4v) is 2.65. The fraction of sp³-hybridized carbons (Fsp3) is 0. The van der Waals surface area contributed by atoms with Crippen molar-refractivity contribution < 1.29 is 14.7 Å². The molecule has 0 saturated heterocycles. The van der Waals surface area contributed by atoms with Crippen molar-refractivity contribution in [1.82, 2.24) is 0 Å². The number of anilines is 1. The molecule has 4 nitrogen and oxygen atoms in total. The van der Waals surface area contributed by atoms with E-state index in [0.717, 1.165) is 0 Å². The summed E-state index contributed by atoms with van der Waals surface area (Å²) in [6.45, 7) is 0. The van der Waals surface area contributed by atoms with Crippen LogP contribution in [0.4, 0.5) is 5.69 Å². The maximum atomic E-state index is 11.9. The third-order valence-corrected chi connectivity index (χ3v) is 3.86. The predicted octanol–water partition coefficient (Wildman–Crippen LogP) is 4.01. The average molecular weight is 316 g/mol. The molecule has 2 aromatic rings. The van der Waals surface area contributed by atoms with Crippen molar-refractivity contribution in [2.75, 3.05) is 5.32 Å². The minimum absolute atomic E-state index is 0.0754. The maximum Gasteiger partial charge on any atom is 0.337 e. The fourth-order valence-electron chi connectivity index (χ4n) is 1.44. The van der Waals surface area contributed by atoms with Crippen LogP contribution in [-0.4, -0.2) is 17.0 Å². The van der Waals surface area contributed by atoms with Gasteiger partial charge in [-0.25, -0.2) is 4.79 Å². The highest BCUT2D eigenvalue weighted by molar-refractivity contribution is 7.12. The molecule has 7 heteroatoms. The summed E-state index contributed by atoms with van der Waals surface area (Å²) >= 11 is 12.7. The van der Waals surface area contributed by atoms with E-state index in [-0.39, 0.29) is 16.3 Å². The van der Waals surface area contributed by atoms with Gasteiger partial charge in [-0.3, -0.25) is 4.79 Å². The van der Waals surface area contributed by atoms with E-state index in [4.69, 9.17) is 28.3 Å². The van der Waals surface area contributed by atoms with Crippen LogP contribution in [0.3, 0.4) is 0 Å². The zero-order valence-electron chi connectivity index (χ0n) is 9.31. The Labute approximate surface area is 122 Å². The monoisotopic (exact) mass is 315 g/mol. The lowest BCUT2D eigenvalue weighted by Gasteiger charge is -2.08. The Bertz CT molecular complexity index is 654. The highest BCUT2D eigenvalue weighted by Crippen LogP contribution is 2.25. The smallest absolute Gasteiger partial charge is 0.337 e. The molecule has 0 fully saturated rings. The van der Waals surface area contributed by atoms with Crippen LogP contribution in [0.25, 0.3) is 0 Å². The van der Waals surface area contributed by atoms with Crippen LogP contribution in [-0.2, 0) is 0 Å². The number of amides is 1. The first-order chi connectivity index (χ1) is 8.99. The summed E-state index contributed by atoms with van der Waals surface area (Å²) in [7, 11) is 0. The first kappa shape index (κ1) is 13.9. The number of hydrogen-bond donors (Lipinski definition) is 2. The van der Waals surface area contributed by atoms with E-state index in [1.807, 2.05) is 0 Å². The topological polar surface area (TPSA) is 66.4 Å². The van der Waals surface area contributed by atoms with Gasteiger partial charge < -0.3 is 10.4 Å². The molecule has 2 rings (SSSR count). The van der Waals surface area contributed by atoms with Gasteiger partial charge in [0.05, 0.1) is 16.3 Å². The second-order valence-corrected chi connectivity index (χ2v) is 5.31. The summed E-state index contributed by atoms with van der Waals surface area (Å²) in [5.74, 6) is -1.63. The summed E-state index contributed by atoms with van der Waals surface area (Å²) < 4.78 is 0. The van der Waals surface area contributed by atoms with Crippen molar-refractivity contribution in [3.63, 3.8) is 0 Å². The SMILES string of the molecule is O=C(O)c1cc(Cl)ccc1NC(=O)c1sccc1Cl. The third-order valence-electron chi connectivity index (χ3n) is 2.28. The molecule has 1 aromatic carbocycles. The van der Waals surface area contributed by atoms with E-state index in [0.29, 0.717) is 9.90 Å². The number of rotatable bonds is 3. The molecular formula is C12H7Cl2NO3S. The summed E-state index contributed by atoms with van der Waals surface area (Å²) in [4.78, 5) is 23.3. The average Bonchev–Trinajstić information content (AvgIpc) is 2.77. The molecule has 0 aliphatic carbocycles. The molecule has 0 bridgehead atoms. The largest absolute Gasteiger partial charge is 0.478 e. The molecule has 0 spiro atoms. The lowest BCUT2D eigenvalue weighted by atomic mass is 10.2. The number of carbonyl (C=O) groups excluding carboxylic acids is 1. The zero-order chi connectivity index (χ0) is 14.0. The van der Waals surface area contributed by atoms with Crippen LogP contribution in [0.1, 0.15) is 20.0 Å². The Balaban J connectivity index is 2.32. The van der Waals surface area contributed by atoms with Crippen molar-refractivity contribution in [2.24, 2.45) is 0 Å². The summed E-state index contributed by atoms with van der Waals surface area (Å²) in [5, 5.41) is 13.9. The first-order valence-corrected chi connectivity index (χ1v) is 6.70. The van der Waals surface area contributed by atoms with Crippen LogP contribution < -0.4 is 5.32 Å². The number of aromatic carboxylic acids is 1. The number of benzene rings is 1. The van der Waals surface area contributed by atoms with Crippen molar-refractivity contribution in [2.45, 2.75) is 0 Å². The number of halogens is 2. The van der Waals surface area contributed by atoms with Gasteiger partial charge >= 0.3 is 5.97 Å². The van der Waals surface area contributed by atoms with E-state index in [1.54, 1.807) is 11.4 Å². The minimum atomic E-state index is -1.17. The van der Waals surface area contributed by atoms with Gasteiger partial charge in [0, 0.05) is 5.02 Å². The molecule has 0 aliphatic rings. The van der Waals surface area contributed by atoms with Crippen LogP contribution in [0.15, 0.2) is 29.6 Å². The van der Waals surface area contributed by atoms with Crippen molar-refractivity contribution in [3.05, 3.63) is 50.1 Å². The van der Waals surface area contributed by atoms with Crippen LogP contribution in [0, 0.1) is 0 Å². The number of hydrogen-bond acceptors (Lipinski definition) is 3. The first-order valence-electron chi connectivity index (χ1n) is 5.06. The van der Waals surface area contributed by atoms with Crippen molar-refractivity contribution >= 4 is 52.1 Å². The summed E-state index contributed by atoms with van der Waals surface area (Å²) in [5.41, 5.74) is 0.0971. The Kier molecular flexibility index (Phi) is 4.09. The second-order valence-electron chi connectivity index (χ2n) is 3.55. The Morgan fingerprint density at radius 3 is 2.53 bits per heavy atom. The van der Waals surface area contributed by atoms with Gasteiger partial charge in [-0.2, -0.15) is 0 Å². The molecule has 0 unspecified atom stereocenters. The van der Waals surface area contributed by atoms with Gasteiger partial charge in [0.2, 0.25) is 0 Å². The van der Waals surface area contributed by atoms with E-state index >= 15 is 0 Å². The number of nitrogens with one attached hydrogen (secondary N) is 1. The summed E-state index contributed by atoms with van der Waals surface area (Å²) in [6.07, 6.45) is 0. The lowest BCUT2D eigenvalue weighted by molar-refractivity contribution is 0.0698. The van der Waals surface area contributed by atoms with Crippen LogP contribution >= 0.6 is 34.5 Å². The molecule has 1 aromatic heterocycles. The van der Waals surface area contributed by atoms with E-state index < -0.39 is 11.9 Å². The van der Waals surface area contributed by atoms with Gasteiger partial charge in [-0.1, -0.05) is 23.2 Å². The highest BCUT2D eigenvalue weighted by atomic mass is 35.5. The predicted molar refractivity (Wildman–Crippen MR) is 75.7 cm³/mol. The number of carbonyl (C=O) groups is 2. The van der Waals surface area contributed by atoms with E-state index in [9.17, 15) is 9.59 Å². The molecule has 0 atom stereocenters. The molecule has 0 aliphatic heterocycles. The van der Waals surface area contributed by atoms with E-state index in [1.165, 1.54) is 29.5 Å². The Hall–Kier alpha value is -1.56. The van der Waals surface area contributed by atoms with Crippen molar-refractivity contribution in [1.29, 1.82) is 0 Å². The lowest BCUT2D eigenvalue weighted by Crippen LogP contribution is -2.14. The van der Waals surface area contributed by atoms with Crippen molar-refractivity contribution in [3.8, 4) is 0 Å². The van der Waals surface area contributed by atoms with Gasteiger partial charge in [0.25, 0.3) is 5.91 Å².